The molecule has 0 aliphatic carbocycles. The van der Waals surface area contributed by atoms with E-state index in [1.165, 1.54) is 168 Å². The van der Waals surface area contributed by atoms with Crippen molar-refractivity contribution in [3.63, 3.8) is 0 Å². The Morgan fingerprint density at radius 1 is 0.173 bits per heavy atom. The van der Waals surface area contributed by atoms with E-state index in [1.54, 1.807) is 0 Å². The van der Waals surface area contributed by atoms with Crippen LogP contribution in [0.2, 0.25) is 0 Å². The number of aromatic nitrogens is 10. The zero-order valence-corrected chi connectivity index (χ0v) is 68.3. The third kappa shape index (κ3) is 17.7. The highest BCUT2D eigenvalue weighted by molar-refractivity contribution is 5.79. The van der Waals surface area contributed by atoms with E-state index >= 15 is 0 Å². The van der Waals surface area contributed by atoms with Crippen molar-refractivity contribution < 1.29 is 45.7 Å². The lowest BCUT2D eigenvalue weighted by atomic mass is 9.93. The number of rotatable bonds is 10. The summed E-state index contributed by atoms with van der Waals surface area (Å²) in [6.45, 7) is 21.8. The lowest BCUT2D eigenvalue weighted by molar-refractivity contribution is -0.661. The quantitative estimate of drug-likeness (QED) is 0.122. The highest BCUT2D eigenvalue weighted by Gasteiger charge is 2.26. The molecule has 0 aliphatic heterocycles. The highest BCUT2D eigenvalue weighted by Crippen LogP contribution is 2.36. The number of nitrogens with zero attached hydrogens (tertiary/aromatic N) is 10. The van der Waals surface area contributed by atoms with Crippen LogP contribution < -0.4 is 45.7 Å². The highest BCUT2D eigenvalue weighted by atomic mass is 15.0. The van der Waals surface area contributed by atoms with E-state index in [1.807, 2.05) is 0 Å². The molecule has 0 N–H and O–H groups in total. The van der Waals surface area contributed by atoms with Crippen molar-refractivity contribution in [2.24, 2.45) is 70.5 Å². The van der Waals surface area contributed by atoms with Crippen molar-refractivity contribution in [2.75, 3.05) is 0 Å². The summed E-state index contributed by atoms with van der Waals surface area (Å²) in [5.41, 5.74) is 38.3. The van der Waals surface area contributed by atoms with E-state index in [9.17, 15) is 0 Å². The van der Waals surface area contributed by atoms with Crippen LogP contribution in [0.5, 0.6) is 0 Å². The van der Waals surface area contributed by atoms with Crippen molar-refractivity contribution >= 4 is 0 Å². The van der Waals surface area contributed by atoms with E-state index in [4.69, 9.17) is 0 Å². The summed E-state index contributed by atoms with van der Waals surface area (Å²) in [6.07, 6.45) is 21.1. The Balaban J connectivity index is 0.000000136. The Labute approximate surface area is 654 Å². The zero-order chi connectivity index (χ0) is 78.4. The maximum atomic E-state index is 2.27. The predicted octanol–water partition coefficient (Wildman–Crippen LogP) is 16.4. The minimum atomic E-state index is 1.23. The van der Waals surface area contributed by atoms with Gasteiger partial charge in [-0.15, -0.1) is 0 Å². The van der Waals surface area contributed by atoms with Crippen molar-refractivity contribution in [3.05, 3.63) is 360 Å². The molecule has 0 amide bonds. The monoisotopic (exact) mass is 1450 g/mol. The van der Waals surface area contributed by atoms with Gasteiger partial charge in [0, 0.05) is 154 Å². The standard InChI is InChI=1S/5C20H22N2/c1-15-11-12-17(18-9-5-7-13-21(18)3)16(2)20(15)19-10-6-8-14-22(19)4;1-15-13-17(19-9-5-7-11-21(19)3)16(2)18(14-15)20-10-6-8-12-22(20)4;1-15-9-8-14-22(4)20(15)18-11-7-10-17(16(18)2)19-12-5-6-13-21(19)3;1-15-11-12-20(22(4)14-15)18-9-7-8-17(16(18)2)19-10-5-6-13-21(19)3;1-15-11-13-22(4)20(14-15)18-9-7-8-17(16(18)2)19-10-5-6-12-21(19)3/h5*5-14H,1-4H3/q5*+2. The molecule has 15 rings (SSSR count). The summed E-state index contributed by atoms with van der Waals surface area (Å²) in [5, 5.41) is 0. The van der Waals surface area contributed by atoms with Crippen LogP contribution in [0.4, 0.5) is 0 Å². The first-order valence-corrected chi connectivity index (χ1v) is 38.0. The van der Waals surface area contributed by atoms with Crippen LogP contribution in [0.1, 0.15) is 55.6 Å². The molecule has 0 fully saturated rings. The predicted molar refractivity (Wildman–Crippen MR) is 446 cm³/mol. The van der Waals surface area contributed by atoms with E-state index in [-0.39, 0.29) is 0 Å². The van der Waals surface area contributed by atoms with E-state index in [2.05, 4.69) is 490 Å². The van der Waals surface area contributed by atoms with Crippen LogP contribution in [0, 0.1) is 69.2 Å². The number of pyridine rings is 10. The van der Waals surface area contributed by atoms with Crippen molar-refractivity contribution in [3.8, 4) is 113 Å². The lowest BCUT2D eigenvalue weighted by Crippen LogP contribution is -2.32. The second-order valence-electron chi connectivity index (χ2n) is 29.3. The zero-order valence-electron chi connectivity index (χ0n) is 68.3. The second kappa shape index (κ2) is 35.5. The fourth-order valence-corrected chi connectivity index (χ4v) is 15.2. The average Bonchev–Trinajstić information content (AvgIpc) is 0.806. The molecule has 0 saturated heterocycles. The fraction of sp³-hybridized carbons (Fsp3) is 0.200. The first-order chi connectivity index (χ1) is 52.9. The van der Waals surface area contributed by atoms with Crippen LogP contribution in [0.15, 0.2) is 305 Å². The molecule has 0 atom stereocenters. The van der Waals surface area contributed by atoms with Crippen molar-refractivity contribution in [1.29, 1.82) is 0 Å². The van der Waals surface area contributed by atoms with Crippen LogP contribution >= 0.6 is 0 Å². The van der Waals surface area contributed by atoms with Crippen LogP contribution in [0.25, 0.3) is 113 Å². The van der Waals surface area contributed by atoms with E-state index < -0.39 is 0 Å². The molecule has 10 heteroatoms. The van der Waals surface area contributed by atoms with Gasteiger partial charge in [0.1, 0.15) is 70.5 Å². The molecule has 10 aromatic heterocycles. The van der Waals surface area contributed by atoms with Gasteiger partial charge < -0.3 is 0 Å². The first kappa shape index (κ1) is 78.7. The number of benzene rings is 5. The molecule has 0 bridgehead atoms. The summed E-state index contributed by atoms with van der Waals surface area (Å²) in [6, 6.07) is 86.0. The molecule has 0 saturated carbocycles. The third-order valence-corrected chi connectivity index (χ3v) is 21.3. The molecular formula is C100H110N10+10. The van der Waals surface area contributed by atoms with Gasteiger partial charge in [-0.05, 0) is 223 Å². The number of aryl methyl sites for hydroxylation is 15. The van der Waals surface area contributed by atoms with Gasteiger partial charge in [-0.3, -0.25) is 0 Å². The van der Waals surface area contributed by atoms with Crippen LogP contribution in [-0.2, 0) is 70.5 Å². The average molecular weight is 1450 g/mol. The van der Waals surface area contributed by atoms with Gasteiger partial charge in [0.2, 0.25) is 56.9 Å². The number of hydrogen-bond acceptors (Lipinski definition) is 0. The molecule has 0 aliphatic rings. The summed E-state index contributed by atoms with van der Waals surface area (Å²) in [5.74, 6) is 0. The minimum absolute atomic E-state index is 1.23. The molecule has 5 aromatic carbocycles. The Hall–Kier alpha value is -12.4. The number of hydrogen-bond donors (Lipinski definition) is 0. The summed E-state index contributed by atoms with van der Waals surface area (Å²) in [4.78, 5) is 0. The minimum Gasteiger partial charge on any atom is -0.201 e. The summed E-state index contributed by atoms with van der Waals surface area (Å²) >= 11 is 0. The maximum absolute atomic E-state index is 2.27. The molecule has 0 unspecified atom stereocenters. The topological polar surface area (TPSA) is 38.8 Å². The SMILES string of the molecule is Cc1cc(-c2cccc[n+]2C)c(C)c(-c2cccc[n+]2C)c1.Cc1cc[n+](C)c(-c2cccc(-c3cccc[n+]3C)c2C)c1.Cc1ccc(-c2cccc(-c3cccc[n+]3C)c2C)[n+](C)c1.Cc1ccc(-c2cccc[n+]2C)c(C)c1-c1cccc[n+]1C.Cc1ccc[n+](C)c1-c1cccc(-c2cccc[n+]2C)c1C. The Bertz CT molecular complexity index is 5740. The molecule has 0 spiro atoms. The molecule has 550 valence electrons. The van der Waals surface area contributed by atoms with Gasteiger partial charge in [0.15, 0.2) is 62.0 Å². The third-order valence-electron chi connectivity index (χ3n) is 21.3. The fourth-order valence-electron chi connectivity index (χ4n) is 15.2. The smallest absolute Gasteiger partial charge is 0.201 e. The van der Waals surface area contributed by atoms with Crippen LogP contribution in [-0.4, -0.2) is 0 Å². The normalized spacial score (nSPS) is 10.7. The van der Waals surface area contributed by atoms with Gasteiger partial charge in [-0.25, -0.2) is 45.7 Å². The van der Waals surface area contributed by atoms with Gasteiger partial charge in [-0.2, -0.15) is 0 Å². The second-order valence-corrected chi connectivity index (χ2v) is 29.3. The van der Waals surface area contributed by atoms with Gasteiger partial charge in [0.05, 0.1) is 22.3 Å². The van der Waals surface area contributed by atoms with Gasteiger partial charge in [0.25, 0.3) is 0 Å². The largest absolute Gasteiger partial charge is 0.215 e. The Morgan fingerprint density at radius 3 is 0.873 bits per heavy atom. The first-order valence-electron chi connectivity index (χ1n) is 38.0. The van der Waals surface area contributed by atoms with E-state index in [0.717, 1.165) is 0 Å². The van der Waals surface area contributed by atoms with Crippen LogP contribution in [0.3, 0.4) is 0 Å². The summed E-state index contributed by atoms with van der Waals surface area (Å²) < 4.78 is 21.8. The van der Waals surface area contributed by atoms with Crippen molar-refractivity contribution in [1.82, 2.24) is 0 Å². The summed E-state index contributed by atoms with van der Waals surface area (Å²) in [7, 11) is 21.0. The molecule has 0 radical (unpaired) electrons. The molecular weight excluding hydrogens is 1340 g/mol. The van der Waals surface area contributed by atoms with E-state index in [0.29, 0.717) is 0 Å². The molecule has 15 aromatic rings. The van der Waals surface area contributed by atoms with Gasteiger partial charge in [-0.1, -0.05) is 24.3 Å². The molecule has 110 heavy (non-hydrogen) atoms. The Kier molecular flexibility index (Phi) is 25.4. The molecule has 10 nitrogen and oxygen atoms in total. The Morgan fingerprint density at radius 2 is 0.491 bits per heavy atom. The van der Waals surface area contributed by atoms with Crippen molar-refractivity contribution in [2.45, 2.75) is 69.2 Å². The lowest BCUT2D eigenvalue weighted by Gasteiger charge is -2.12. The van der Waals surface area contributed by atoms with Gasteiger partial charge >= 0.3 is 0 Å². The molecule has 10 heterocycles. The maximum Gasteiger partial charge on any atom is 0.215 e.